The predicted octanol–water partition coefficient (Wildman–Crippen LogP) is 3.83. The molecular formula is C14H27NS. The van der Waals surface area contributed by atoms with E-state index in [1.165, 1.54) is 57.9 Å². The maximum absolute atomic E-state index is 3.88. The molecule has 2 heteroatoms. The molecule has 1 N–H and O–H groups in total. The molecule has 2 unspecified atom stereocenters. The molecule has 0 aromatic rings. The van der Waals surface area contributed by atoms with E-state index in [1.54, 1.807) is 0 Å². The summed E-state index contributed by atoms with van der Waals surface area (Å²) in [7, 11) is 0. The summed E-state index contributed by atoms with van der Waals surface area (Å²) >= 11 is 2.11. The molecule has 0 aromatic heterocycles. The Labute approximate surface area is 105 Å². The van der Waals surface area contributed by atoms with E-state index in [0.29, 0.717) is 4.75 Å². The van der Waals surface area contributed by atoms with Crippen molar-refractivity contribution in [2.45, 2.75) is 69.1 Å². The molecule has 0 amide bonds. The van der Waals surface area contributed by atoms with Crippen LogP contribution in [-0.2, 0) is 0 Å². The number of hydrogen-bond donors (Lipinski definition) is 1. The van der Waals surface area contributed by atoms with Gasteiger partial charge in [0.25, 0.3) is 0 Å². The molecule has 2 aliphatic rings. The van der Waals surface area contributed by atoms with Gasteiger partial charge in [0.05, 0.1) is 0 Å². The van der Waals surface area contributed by atoms with Crippen LogP contribution in [0.15, 0.2) is 0 Å². The lowest BCUT2D eigenvalue weighted by Crippen LogP contribution is -2.44. The molecule has 16 heavy (non-hydrogen) atoms. The molecule has 0 aromatic carbocycles. The molecule has 0 heterocycles. The molecule has 1 nitrogen and oxygen atoms in total. The molecule has 0 radical (unpaired) electrons. The lowest BCUT2D eigenvalue weighted by molar-refractivity contribution is 0.273. The van der Waals surface area contributed by atoms with Crippen molar-refractivity contribution in [1.82, 2.24) is 5.32 Å². The van der Waals surface area contributed by atoms with Crippen LogP contribution in [0.2, 0.25) is 0 Å². The first kappa shape index (κ1) is 12.8. The second-order valence-electron chi connectivity index (χ2n) is 5.84. The van der Waals surface area contributed by atoms with E-state index in [1.807, 2.05) is 0 Å². The third-order valence-corrected chi connectivity index (χ3v) is 6.16. The summed E-state index contributed by atoms with van der Waals surface area (Å²) in [5.74, 6) is 0.897. The van der Waals surface area contributed by atoms with E-state index >= 15 is 0 Å². The average Bonchev–Trinajstić information content (AvgIpc) is 2.78. The number of nitrogens with one attached hydrogen (secondary N) is 1. The molecule has 2 rings (SSSR count). The third kappa shape index (κ3) is 2.95. The Morgan fingerprint density at radius 1 is 1.12 bits per heavy atom. The van der Waals surface area contributed by atoms with Crippen molar-refractivity contribution in [3.8, 4) is 0 Å². The Balaban J connectivity index is 1.80. The molecule has 0 saturated heterocycles. The van der Waals surface area contributed by atoms with Gasteiger partial charge < -0.3 is 5.32 Å². The predicted molar refractivity (Wildman–Crippen MR) is 74.1 cm³/mol. The molecule has 0 spiro atoms. The average molecular weight is 241 g/mol. The first-order chi connectivity index (χ1) is 7.76. The van der Waals surface area contributed by atoms with E-state index in [4.69, 9.17) is 0 Å². The lowest BCUT2D eigenvalue weighted by atomic mass is 9.85. The summed E-state index contributed by atoms with van der Waals surface area (Å²) < 4.78 is 0.581. The standard InChI is InChI=1S/C14H27NS/c1-12-7-3-4-8-13(12)15-11-14(16-2)9-5-6-10-14/h12-13,15H,3-11H2,1-2H3. The Kier molecular flexibility index (Phi) is 4.60. The van der Waals surface area contributed by atoms with Crippen LogP contribution >= 0.6 is 11.8 Å². The first-order valence-electron chi connectivity index (χ1n) is 7.04. The summed E-state index contributed by atoms with van der Waals surface area (Å²) in [4.78, 5) is 0. The van der Waals surface area contributed by atoms with E-state index in [-0.39, 0.29) is 0 Å². The zero-order chi connectivity index (χ0) is 11.4. The van der Waals surface area contributed by atoms with Crippen molar-refractivity contribution in [2.75, 3.05) is 12.8 Å². The van der Waals surface area contributed by atoms with Crippen LogP contribution in [-0.4, -0.2) is 23.6 Å². The summed E-state index contributed by atoms with van der Waals surface area (Å²) in [6.07, 6.45) is 13.8. The molecule has 2 atom stereocenters. The monoisotopic (exact) mass is 241 g/mol. The highest BCUT2D eigenvalue weighted by molar-refractivity contribution is 8.00. The van der Waals surface area contributed by atoms with E-state index in [0.717, 1.165) is 12.0 Å². The second kappa shape index (κ2) is 5.77. The van der Waals surface area contributed by atoms with E-state index in [2.05, 4.69) is 30.3 Å². The minimum absolute atomic E-state index is 0.581. The molecular weight excluding hydrogens is 214 g/mol. The van der Waals surface area contributed by atoms with E-state index < -0.39 is 0 Å². The molecule has 2 aliphatic carbocycles. The van der Waals surface area contributed by atoms with Gasteiger partial charge in [-0.25, -0.2) is 0 Å². The van der Waals surface area contributed by atoms with Crippen molar-refractivity contribution in [2.24, 2.45) is 5.92 Å². The van der Waals surface area contributed by atoms with Crippen LogP contribution in [0, 0.1) is 5.92 Å². The summed E-state index contributed by atoms with van der Waals surface area (Å²) in [5.41, 5.74) is 0. The normalized spacial score (nSPS) is 34.1. The lowest BCUT2D eigenvalue weighted by Gasteiger charge is -2.34. The van der Waals surface area contributed by atoms with Crippen molar-refractivity contribution < 1.29 is 0 Å². The highest BCUT2D eigenvalue weighted by atomic mass is 32.2. The number of thioether (sulfide) groups is 1. The Morgan fingerprint density at radius 3 is 2.44 bits per heavy atom. The zero-order valence-corrected chi connectivity index (χ0v) is 11.7. The third-order valence-electron chi connectivity index (χ3n) is 4.75. The summed E-state index contributed by atoms with van der Waals surface area (Å²) in [6.45, 7) is 3.68. The second-order valence-corrected chi connectivity index (χ2v) is 7.12. The number of hydrogen-bond acceptors (Lipinski definition) is 2. The van der Waals surface area contributed by atoms with Gasteiger partial charge in [0.1, 0.15) is 0 Å². The fourth-order valence-electron chi connectivity index (χ4n) is 3.41. The Bertz CT molecular complexity index is 211. The van der Waals surface area contributed by atoms with Gasteiger partial charge >= 0.3 is 0 Å². The van der Waals surface area contributed by atoms with Crippen molar-refractivity contribution in [1.29, 1.82) is 0 Å². The van der Waals surface area contributed by atoms with Crippen molar-refractivity contribution in [3.05, 3.63) is 0 Å². The Hall–Kier alpha value is 0.310. The first-order valence-corrected chi connectivity index (χ1v) is 8.27. The Morgan fingerprint density at radius 2 is 1.81 bits per heavy atom. The molecule has 0 aliphatic heterocycles. The quantitative estimate of drug-likeness (QED) is 0.803. The van der Waals surface area contributed by atoms with Crippen LogP contribution in [0.3, 0.4) is 0 Å². The summed E-state index contributed by atoms with van der Waals surface area (Å²) in [5, 5.41) is 3.88. The fourth-order valence-corrected chi connectivity index (χ4v) is 4.33. The molecule has 0 bridgehead atoms. The molecule has 2 saturated carbocycles. The van der Waals surface area contributed by atoms with Gasteiger partial charge in [0.2, 0.25) is 0 Å². The van der Waals surface area contributed by atoms with Gasteiger partial charge in [-0.2, -0.15) is 11.8 Å². The summed E-state index contributed by atoms with van der Waals surface area (Å²) in [6, 6.07) is 0.804. The van der Waals surface area contributed by atoms with Crippen molar-refractivity contribution >= 4 is 11.8 Å². The fraction of sp³-hybridized carbons (Fsp3) is 1.00. The van der Waals surface area contributed by atoms with Crippen molar-refractivity contribution in [3.63, 3.8) is 0 Å². The maximum atomic E-state index is 3.88. The largest absolute Gasteiger partial charge is 0.312 e. The van der Waals surface area contributed by atoms with Gasteiger partial charge in [-0.1, -0.05) is 32.6 Å². The highest BCUT2D eigenvalue weighted by Gasteiger charge is 2.34. The minimum Gasteiger partial charge on any atom is -0.312 e. The van der Waals surface area contributed by atoms with Crippen LogP contribution in [0.5, 0.6) is 0 Å². The van der Waals surface area contributed by atoms with Crippen LogP contribution in [0.25, 0.3) is 0 Å². The number of rotatable bonds is 4. The smallest absolute Gasteiger partial charge is 0.0281 e. The van der Waals surface area contributed by atoms with Gasteiger partial charge in [-0.15, -0.1) is 0 Å². The minimum atomic E-state index is 0.581. The van der Waals surface area contributed by atoms with Gasteiger partial charge in [0.15, 0.2) is 0 Å². The van der Waals surface area contributed by atoms with Gasteiger partial charge in [-0.05, 0) is 37.9 Å². The molecule has 94 valence electrons. The maximum Gasteiger partial charge on any atom is 0.0281 e. The zero-order valence-electron chi connectivity index (χ0n) is 10.9. The highest BCUT2D eigenvalue weighted by Crippen LogP contribution is 2.40. The van der Waals surface area contributed by atoms with E-state index in [9.17, 15) is 0 Å². The van der Waals surface area contributed by atoms with Crippen LogP contribution < -0.4 is 5.32 Å². The molecule has 2 fully saturated rings. The topological polar surface area (TPSA) is 12.0 Å². The van der Waals surface area contributed by atoms with Crippen LogP contribution in [0.1, 0.15) is 58.3 Å². The SMILES string of the molecule is CSC1(CNC2CCCCC2C)CCCC1. The van der Waals surface area contributed by atoms with Gasteiger partial charge in [0, 0.05) is 17.3 Å². The van der Waals surface area contributed by atoms with Crippen LogP contribution in [0.4, 0.5) is 0 Å². The van der Waals surface area contributed by atoms with Gasteiger partial charge in [-0.3, -0.25) is 0 Å².